The number of benzene rings is 2. The molecule has 2 aromatic carbocycles. The molecular formula is C24H25N3O. The van der Waals surface area contributed by atoms with Crippen molar-refractivity contribution in [2.24, 2.45) is 0 Å². The first-order valence-electron chi connectivity index (χ1n) is 9.58. The van der Waals surface area contributed by atoms with Crippen LogP contribution in [0.1, 0.15) is 33.5 Å². The Hall–Kier alpha value is -3.14. The summed E-state index contributed by atoms with van der Waals surface area (Å²) < 4.78 is 3.76. The fourth-order valence-corrected chi connectivity index (χ4v) is 4.19. The van der Waals surface area contributed by atoms with Gasteiger partial charge in [-0.2, -0.15) is 5.10 Å². The Kier molecular flexibility index (Phi) is 4.42. The third-order valence-electron chi connectivity index (χ3n) is 5.45. The molecule has 4 nitrogen and oxygen atoms in total. The molecular weight excluding hydrogens is 346 g/mol. The molecule has 0 N–H and O–H groups in total. The highest BCUT2D eigenvalue weighted by Gasteiger charge is 2.18. The minimum atomic E-state index is 0.00135. The molecule has 2 aromatic heterocycles. The summed E-state index contributed by atoms with van der Waals surface area (Å²) in [5.41, 5.74) is 8.56. The van der Waals surface area contributed by atoms with Gasteiger partial charge >= 0.3 is 0 Å². The van der Waals surface area contributed by atoms with Crippen molar-refractivity contribution >= 4 is 11.0 Å². The first-order chi connectivity index (χ1) is 13.4. The number of rotatable bonds is 3. The van der Waals surface area contributed by atoms with Crippen molar-refractivity contribution in [1.29, 1.82) is 0 Å². The third-order valence-corrected chi connectivity index (χ3v) is 5.45. The lowest BCUT2D eigenvalue weighted by Crippen LogP contribution is -2.23. The molecule has 0 saturated heterocycles. The summed E-state index contributed by atoms with van der Waals surface area (Å²) >= 11 is 0. The van der Waals surface area contributed by atoms with Crippen molar-refractivity contribution in [1.82, 2.24) is 14.3 Å². The number of aryl methyl sites for hydroxylation is 5. The summed E-state index contributed by atoms with van der Waals surface area (Å²) in [6, 6.07) is 16.1. The van der Waals surface area contributed by atoms with Gasteiger partial charge in [0.25, 0.3) is 5.56 Å². The average molecular weight is 371 g/mol. The zero-order valence-corrected chi connectivity index (χ0v) is 17.1. The highest BCUT2D eigenvalue weighted by molar-refractivity contribution is 5.83. The van der Waals surface area contributed by atoms with Crippen molar-refractivity contribution < 1.29 is 0 Å². The van der Waals surface area contributed by atoms with Crippen molar-refractivity contribution in [3.8, 4) is 5.69 Å². The number of hydrogen-bond donors (Lipinski definition) is 0. The van der Waals surface area contributed by atoms with Gasteiger partial charge in [0.1, 0.15) is 5.65 Å². The van der Waals surface area contributed by atoms with Gasteiger partial charge < -0.3 is 0 Å². The average Bonchev–Trinajstić information content (AvgIpc) is 2.99. The van der Waals surface area contributed by atoms with E-state index in [9.17, 15) is 4.79 Å². The SMILES string of the molecule is Cc1cc(C)c(Cn2c(=O)cc(C)c3c(C)nn(-c4ccccc4)c32)c(C)c1. The molecule has 0 aliphatic carbocycles. The second kappa shape index (κ2) is 6.79. The summed E-state index contributed by atoms with van der Waals surface area (Å²) in [6.45, 7) is 10.9. The van der Waals surface area contributed by atoms with E-state index >= 15 is 0 Å². The lowest BCUT2D eigenvalue weighted by molar-refractivity contribution is 0.743. The van der Waals surface area contributed by atoms with E-state index in [0.717, 1.165) is 28.0 Å². The van der Waals surface area contributed by atoms with Crippen LogP contribution in [0.2, 0.25) is 0 Å². The molecule has 28 heavy (non-hydrogen) atoms. The maximum atomic E-state index is 13.1. The Morgan fingerprint density at radius 2 is 1.50 bits per heavy atom. The molecule has 0 unspecified atom stereocenters. The monoisotopic (exact) mass is 371 g/mol. The molecule has 0 aliphatic rings. The lowest BCUT2D eigenvalue weighted by atomic mass is 9.99. The Morgan fingerprint density at radius 1 is 0.857 bits per heavy atom. The van der Waals surface area contributed by atoms with Gasteiger partial charge in [0.2, 0.25) is 0 Å². The Labute approximate surface area is 165 Å². The first-order valence-corrected chi connectivity index (χ1v) is 9.58. The van der Waals surface area contributed by atoms with Crippen LogP contribution in [0.4, 0.5) is 0 Å². The Morgan fingerprint density at radius 3 is 2.14 bits per heavy atom. The number of aromatic nitrogens is 3. The number of fused-ring (bicyclic) bond motifs is 1. The van der Waals surface area contributed by atoms with E-state index in [1.807, 2.05) is 53.4 Å². The van der Waals surface area contributed by atoms with E-state index < -0.39 is 0 Å². The molecule has 0 amide bonds. The smallest absolute Gasteiger partial charge is 0.252 e. The van der Waals surface area contributed by atoms with Gasteiger partial charge in [-0.3, -0.25) is 9.36 Å². The highest BCUT2D eigenvalue weighted by Crippen LogP contribution is 2.25. The Bertz CT molecular complexity index is 1220. The highest BCUT2D eigenvalue weighted by atomic mass is 16.1. The van der Waals surface area contributed by atoms with E-state index in [4.69, 9.17) is 5.10 Å². The zero-order valence-electron chi connectivity index (χ0n) is 17.1. The van der Waals surface area contributed by atoms with Gasteiger partial charge in [0.05, 0.1) is 17.9 Å². The van der Waals surface area contributed by atoms with Gasteiger partial charge in [-0.25, -0.2) is 4.68 Å². The normalized spacial score (nSPS) is 11.3. The van der Waals surface area contributed by atoms with Gasteiger partial charge in [-0.05, 0) is 69.0 Å². The van der Waals surface area contributed by atoms with Crippen LogP contribution in [-0.4, -0.2) is 14.3 Å². The zero-order chi connectivity index (χ0) is 20.0. The minimum absolute atomic E-state index is 0.00135. The van der Waals surface area contributed by atoms with Crippen LogP contribution in [0, 0.1) is 34.6 Å². The van der Waals surface area contributed by atoms with E-state index in [0.29, 0.717) is 6.54 Å². The molecule has 0 fully saturated rings. The van der Waals surface area contributed by atoms with E-state index in [1.54, 1.807) is 6.07 Å². The first kappa shape index (κ1) is 18.2. The van der Waals surface area contributed by atoms with Crippen molar-refractivity contribution in [3.05, 3.63) is 92.4 Å². The van der Waals surface area contributed by atoms with Crippen LogP contribution < -0.4 is 5.56 Å². The molecule has 0 radical (unpaired) electrons. The summed E-state index contributed by atoms with van der Waals surface area (Å²) in [7, 11) is 0. The standard InChI is InChI=1S/C24H25N3O/c1-15-11-16(2)21(17(3)12-15)14-26-22(28)13-18(4)23-19(5)25-27(24(23)26)20-9-7-6-8-10-20/h6-13H,14H2,1-5H3. The maximum absolute atomic E-state index is 13.1. The van der Waals surface area contributed by atoms with Crippen LogP contribution in [-0.2, 0) is 6.54 Å². The maximum Gasteiger partial charge on any atom is 0.252 e. The fourth-order valence-electron chi connectivity index (χ4n) is 4.19. The van der Waals surface area contributed by atoms with Crippen LogP contribution in [0.15, 0.2) is 53.3 Å². The van der Waals surface area contributed by atoms with E-state index in [-0.39, 0.29) is 5.56 Å². The number of hydrogen-bond acceptors (Lipinski definition) is 2. The molecule has 4 aromatic rings. The molecule has 0 atom stereocenters. The molecule has 0 saturated carbocycles. The molecule has 0 bridgehead atoms. The Balaban J connectivity index is 2.03. The molecule has 0 aliphatic heterocycles. The summed E-state index contributed by atoms with van der Waals surface area (Å²) in [6.07, 6.45) is 0. The predicted octanol–water partition coefficient (Wildman–Crippen LogP) is 4.78. The minimum Gasteiger partial charge on any atom is -0.288 e. The largest absolute Gasteiger partial charge is 0.288 e. The van der Waals surface area contributed by atoms with Crippen LogP contribution in [0.3, 0.4) is 0 Å². The second-order valence-corrected chi connectivity index (χ2v) is 7.66. The number of pyridine rings is 1. The number of para-hydroxylation sites is 1. The van der Waals surface area contributed by atoms with Crippen LogP contribution in [0.5, 0.6) is 0 Å². The van der Waals surface area contributed by atoms with Crippen LogP contribution >= 0.6 is 0 Å². The van der Waals surface area contributed by atoms with Gasteiger partial charge in [-0.15, -0.1) is 0 Å². The summed E-state index contributed by atoms with van der Waals surface area (Å²) in [5.74, 6) is 0. The van der Waals surface area contributed by atoms with E-state index in [2.05, 4.69) is 32.9 Å². The van der Waals surface area contributed by atoms with E-state index in [1.165, 1.54) is 22.3 Å². The summed E-state index contributed by atoms with van der Waals surface area (Å²) in [5, 5.41) is 5.83. The second-order valence-electron chi connectivity index (χ2n) is 7.66. The molecule has 4 rings (SSSR count). The summed E-state index contributed by atoms with van der Waals surface area (Å²) in [4.78, 5) is 13.1. The van der Waals surface area contributed by atoms with Gasteiger partial charge in [0.15, 0.2) is 0 Å². The quantitative estimate of drug-likeness (QED) is 0.520. The molecule has 142 valence electrons. The molecule has 0 spiro atoms. The van der Waals surface area contributed by atoms with Crippen molar-refractivity contribution in [3.63, 3.8) is 0 Å². The van der Waals surface area contributed by atoms with Crippen molar-refractivity contribution in [2.45, 2.75) is 41.2 Å². The van der Waals surface area contributed by atoms with Gasteiger partial charge in [-0.1, -0.05) is 35.9 Å². The van der Waals surface area contributed by atoms with Gasteiger partial charge in [0, 0.05) is 11.5 Å². The lowest BCUT2D eigenvalue weighted by Gasteiger charge is -2.16. The number of nitrogens with zero attached hydrogens (tertiary/aromatic N) is 3. The fraction of sp³-hybridized carbons (Fsp3) is 0.250. The van der Waals surface area contributed by atoms with Crippen molar-refractivity contribution in [2.75, 3.05) is 0 Å². The predicted molar refractivity (Wildman–Crippen MR) is 115 cm³/mol. The van der Waals surface area contributed by atoms with Crippen LogP contribution in [0.25, 0.3) is 16.7 Å². The third kappa shape index (κ3) is 2.95. The molecule has 4 heteroatoms. The molecule has 2 heterocycles. The topological polar surface area (TPSA) is 39.8 Å².